The summed E-state index contributed by atoms with van der Waals surface area (Å²) < 4.78 is 21.5. The van der Waals surface area contributed by atoms with Gasteiger partial charge in [-0.3, -0.25) is 4.57 Å². The second-order valence-electron chi connectivity index (χ2n) is 7.96. The first-order valence-electron chi connectivity index (χ1n) is 10.4. The van der Waals surface area contributed by atoms with Crippen molar-refractivity contribution in [1.29, 1.82) is 0 Å². The van der Waals surface area contributed by atoms with Gasteiger partial charge in [0.05, 0.1) is 12.4 Å². The molecule has 1 aliphatic carbocycles. The Morgan fingerprint density at radius 1 is 1.13 bits per heavy atom. The van der Waals surface area contributed by atoms with Gasteiger partial charge in [-0.05, 0) is 25.0 Å². The summed E-state index contributed by atoms with van der Waals surface area (Å²) in [5.74, 6) is 0.637. The highest BCUT2D eigenvalue weighted by Crippen LogP contribution is 2.35. The first-order valence-corrected chi connectivity index (χ1v) is 11.4. The maximum atomic E-state index is 13.9. The van der Waals surface area contributed by atoms with Crippen molar-refractivity contribution in [2.24, 2.45) is 0 Å². The third-order valence-corrected chi connectivity index (χ3v) is 7.04. The number of nitrogens with zero attached hydrogens (tertiary/aromatic N) is 4. The van der Waals surface area contributed by atoms with Crippen LogP contribution in [0.15, 0.2) is 41.8 Å². The molecule has 3 aromatic rings. The minimum Gasteiger partial charge on any atom is -0.387 e. The highest BCUT2D eigenvalue weighted by molar-refractivity contribution is 7.99. The van der Waals surface area contributed by atoms with Gasteiger partial charge < -0.3 is 20.3 Å². The average molecular weight is 446 g/mol. The van der Waals surface area contributed by atoms with Crippen LogP contribution in [0.1, 0.15) is 31.9 Å². The van der Waals surface area contributed by atoms with E-state index in [0.717, 1.165) is 12.8 Å². The van der Waals surface area contributed by atoms with E-state index in [9.17, 15) is 14.6 Å². The normalized spacial score (nSPS) is 26.7. The molecular weight excluding hydrogens is 421 g/mol. The van der Waals surface area contributed by atoms with Crippen molar-refractivity contribution in [2.75, 3.05) is 11.1 Å². The Kier molecular flexibility index (Phi) is 5.79. The Morgan fingerprint density at radius 3 is 2.74 bits per heavy atom. The van der Waals surface area contributed by atoms with Gasteiger partial charge >= 0.3 is 0 Å². The van der Waals surface area contributed by atoms with Gasteiger partial charge in [0, 0.05) is 16.7 Å². The van der Waals surface area contributed by atoms with E-state index in [-0.39, 0.29) is 5.82 Å². The molecule has 10 heteroatoms. The number of ether oxygens (including phenoxy) is 1. The third-order valence-electron chi connectivity index (χ3n) is 5.91. The van der Waals surface area contributed by atoms with Crippen molar-refractivity contribution < 1.29 is 19.3 Å². The number of benzene rings is 1. The largest absolute Gasteiger partial charge is 0.387 e. The minimum atomic E-state index is -1.16. The molecular formula is C21H24FN5O3S. The molecule has 0 spiro atoms. The number of rotatable bonds is 6. The number of nitrogens with one attached hydrogen (secondary N) is 1. The second kappa shape index (κ2) is 8.70. The molecule has 1 saturated heterocycles. The number of hydrogen-bond acceptors (Lipinski definition) is 8. The summed E-state index contributed by atoms with van der Waals surface area (Å²) in [5, 5.41) is 24.6. The topological polar surface area (TPSA) is 105 Å². The Bertz CT molecular complexity index is 1060. The lowest BCUT2D eigenvalue weighted by Crippen LogP contribution is -2.32. The third kappa shape index (κ3) is 4.00. The Hall–Kier alpha value is -2.27. The number of anilines is 1. The number of halogens is 1. The molecule has 1 aliphatic heterocycles. The highest BCUT2D eigenvalue weighted by Gasteiger charge is 2.44. The summed E-state index contributed by atoms with van der Waals surface area (Å²) >= 11 is 1.24. The van der Waals surface area contributed by atoms with Gasteiger partial charge in [0.1, 0.15) is 24.4 Å². The molecule has 3 heterocycles. The lowest BCUT2D eigenvalue weighted by atomic mass is 10.1. The monoisotopic (exact) mass is 445 g/mol. The molecule has 8 nitrogen and oxygen atoms in total. The van der Waals surface area contributed by atoms with Gasteiger partial charge in [-0.2, -0.15) is 0 Å². The maximum Gasteiger partial charge on any atom is 0.167 e. The van der Waals surface area contributed by atoms with Crippen molar-refractivity contribution in [1.82, 2.24) is 19.5 Å². The molecule has 164 valence electrons. The fourth-order valence-electron chi connectivity index (χ4n) is 4.24. The molecule has 1 unspecified atom stereocenters. The molecule has 1 saturated carbocycles. The van der Waals surface area contributed by atoms with E-state index in [0.29, 0.717) is 33.7 Å². The standard InChI is InChI=1S/C21H24FN5O3S/c22-13-7-3-4-8-15(13)31-9-14-17(28)18(29)21(30-14)27-11-25-16-19(23-10-24-20(16)27)26-12-5-1-2-6-12/h3-4,7-8,10-12,14,17-18,21,28-29H,1-2,5-6,9H2,(H,23,24,26)/t14-,17-,18-,21?/m1/s1. The molecule has 2 aliphatic rings. The molecule has 0 bridgehead atoms. The zero-order valence-corrected chi connectivity index (χ0v) is 17.6. The zero-order valence-electron chi connectivity index (χ0n) is 16.8. The predicted octanol–water partition coefficient (Wildman–Crippen LogP) is 2.73. The van der Waals surface area contributed by atoms with Crippen LogP contribution in [0.4, 0.5) is 10.2 Å². The second-order valence-corrected chi connectivity index (χ2v) is 9.02. The Labute approximate surface area is 182 Å². The average Bonchev–Trinajstić information content (AvgIpc) is 3.50. The molecule has 3 N–H and O–H groups in total. The van der Waals surface area contributed by atoms with Gasteiger partial charge in [0.25, 0.3) is 0 Å². The van der Waals surface area contributed by atoms with Crippen LogP contribution in [0.5, 0.6) is 0 Å². The summed E-state index contributed by atoms with van der Waals surface area (Å²) in [6.07, 6.45) is 3.82. The van der Waals surface area contributed by atoms with E-state index in [1.54, 1.807) is 29.1 Å². The number of hydrogen-bond donors (Lipinski definition) is 3. The van der Waals surface area contributed by atoms with Crippen LogP contribution in [-0.4, -0.2) is 59.8 Å². The van der Waals surface area contributed by atoms with Crippen LogP contribution < -0.4 is 5.32 Å². The fourth-order valence-corrected chi connectivity index (χ4v) is 5.24. The summed E-state index contributed by atoms with van der Waals surface area (Å²) in [6, 6.07) is 6.82. The SMILES string of the molecule is O[C@@H]1[C@@H](CSc2ccccc2F)OC(n2cnc3c(NC4CCCC4)ncnc32)[C@@H]1O. The van der Waals surface area contributed by atoms with Crippen LogP contribution in [0.2, 0.25) is 0 Å². The Morgan fingerprint density at radius 2 is 1.94 bits per heavy atom. The molecule has 1 aromatic carbocycles. The number of aromatic nitrogens is 4. The van der Waals surface area contributed by atoms with E-state index in [4.69, 9.17) is 4.74 Å². The van der Waals surface area contributed by atoms with E-state index in [1.807, 2.05) is 0 Å². The first-order chi connectivity index (χ1) is 15.1. The Balaban J connectivity index is 1.34. The highest BCUT2D eigenvalue weighted by atomic mass is 32.2. The number of thioether (sulfide) groups is 1. The molecule has 4 atom stereocenters. The molecule has 31 heavy (non-hydrogen) atoms. The quantitative estimate of drug-likeness (QED) is 0.498. The maximum absolute atomic E-state index is 13.9. The fraction of sp³-hybridized carbons (Fsp3) is 0.476. The molecule has 5 rings (SSSR count). The number of aliphatic hydroxyl groups is 2. The van der Waals surface area contributed by atoms with Crippen LogP contribution in [-0.2, 0) is 4.74 Å². The summed E-state index contributed by atoms with van der Waals surface area (Å²) in [5.41, 5.74) is 1.12. The first kappa shape index (κ1) is 20.6. The smallest absolute Gasteiger partial charge is 0.167 e. The van der Waals surface area contributed by atoms with Crippen LogP contribution >= 0.6 is 11.8 Å². The zero-order chi connectivity index (χ0) is 21.4. The van der Waals surface area contributed by atoms with Crippen LogP contribution in [0, 0.1) is 5.82 Å². The summed E-state index contributed by atoms with van der Waals surface area (Å²) in [4.78, 5) is 13.6. The molecule has 0 amide bonds. The van der Waals surface area contributed by atoms with E-state index in [1.165, 1.54) is 37.0 Å². The van der Waals surface area contributed by atoms with Crippen molar-refractivity contribution in [2.45, 2.75) is 61.2 Å². The molecule has 2 fully saturated rings. The van der Waals surface area contributed by atoms with E-state index >= 15 is 0 Å². The summed E-state index contributed by atoms with van der Waals surface area (Å²) in [6.45, 7) is 0. The molecule has 0 radical (unpaired) electrons. The van der Waals surface area contributed by atoms with Crippen molar-refractivity contribution in [3.8, 4) is 0 Å². The predicted molar refractivity (Wildman–Crippen MR) is 114 cm³/mol. The number of imidazole rings is 1. The van der Waals surface area contributed by atoms with Crippen LogP contribution in [0.25, 0.3) is 11.2 Å². The lowest BCUT2D eigenvalue weighted by Gasteiger charge is -2.17. The van der Waals surface area contributed by atoms with Gasteiger partial charge in [-0.25, -0.2) is 19.3 Å². The van der Waals surface area contributed by atoms with Gasteiger partial charge in [0.2, 0.25) is 0 Å². The van der Waals surface area contributed by atoms with Crippen LogP contribution in [0.3, 0.4) is 0 Å². The minimum absolute atomic E-state index is 0.297. The van der Waals surface area contributed by atoms with Gasteiger partial charge in [-0.15, -0.1) is 11.8 Å². The molecule has 2 aromatic heterocycles. The van der Waals surface area contributed by atoms with Crippen molar-refractivity contribution in [3.63, 3.8) is 0 Å². The number of fused-ring (bicyclic) bond motifs is 1. The van der Waals surface area contributed by atoms with Crippen molar-refractivity contribution in [3.05, 3.63) is 42.7 Å². The van der Waals surface area contributed by atoms with Gasteiger partial charge in [-0.1, -0.05) is 25.0 Å². The van der Waals surface area contributed by atoms with E-state index < -0.39 is 24.5 Å². The van der Waals surface area contributed by atoms with E-state index in [2.05, 4.69) is 20.3 Å². The number of aliphatic hydroxyl groups excluding tert-OH is 2. The lowest BCUT2D eigenvalue weighted by molar-refractivity contribution is -0.0289. The summed E-state index contributed by atoms with van der Waals surface area (Å²) in [7, 11) is 0. The van der Waals surface area contributed by atoms with Crippen molar-refractivity contribution >= 4 is 28.7 Å². The van der Waals surface area contributed by atoms with Gasteiger partial charge in [0.15, 0.2) is 23.2 Å².